The van der Waals surface area contributed by atoms with E-state index < -0.39 is 0 Å². The lowest BCUT2D eigenvalue weighted by atomic mass is 9.95. The second-order valence-corrected chi connectivity index (χ2v) is 3.03. The van der Waals surface area contributed by atoms with Crippen LogP contribution >= 0.6 is 0 Å². The topological polar surface area (TPSA) is 29.5 Å². The Labute approximate surface area is 56.8 Å². The van der Waals surface area contributed by atoms with Gasteiger partial charge in [-0.05, 0) is 19.8 Å². The number of aliphatic hydroxyl groups excluding tert-OH is 1. The maximum atomic E-state index is 8.43. The molecule has 0 unspecified atom stereocenters. The van der Waals surface area contributed by atoms with Crippen LogP contribution < -0.4 is 0 Å². The molecule has 0 fully saturated rings. The Morgan fingerprint density at radius 2 is 1.89 bits per heavy atom. The van der Waals surface area contributed by atoms with Crippen molar-refractivity contribution in [2.75, 3.05) is 6.79 Å². The highest BCUT2D eigenvalue weighted by atomic mass is 16.6. The number of ether oxygens (including phenoxy) is 1. The molecule has 0 aromatic carbocycles. The molecule has 0 radical (unpaired) electrons. The molecule has 0 aliphatic heterocycles. The van der Waals surface area contributed by atoms with Crippen molar-refractivity contribution in [1.82, 2.24) is 0 Å². The highest BCUT2D eigenvalue weighted by Gasteiger charge is 2.21. The highest BCUT2D eigenvalue weighted by Crippen LogP contribution is 2.19. The van der Waals surface area contributed by atoms with Gasteiger partial charge in [0.25, 0.3) is 0 Å². The largest absolute Gasteiger partial charge is 0.371 e. The van der Waals surface area contributed by atoms with Crippen LogP contribution in [0.3, 0.4) is 0 Å². The zero-order valence-corrected chi connectivity index (χ0v) is 6.64. The van der Waals surface area contributed by atoms with E-state index >= 15 is 0 Å². The molecule has 0 saturated carbocycles. The quantitative estimate of drug-likeness (QED) is 0.588. The summed E-state index contributed by atoms with van der Waals surface area (Å²) in [5.74, 6) is 0.435. The minimum atomic E-state index is -0.200. The van der Waals surface area contributed by atoms with Crippen LogP contribution in [0, 0.1) is 5.92 Å². The van der Waals surface area contributed by atoms with E-state index in [1.165, 1.54) is 0 Å². The van der Waals surface area contributed by atoms with Crippen LogP contribution in [0.25, 0.3) is 0 Å². The molecule has 0 amide bonds. The summed E-state index contributed by atoms with van der Waals surface area (Å²) in [6, 6.07) is 0. The van der Waals surface area contributed by atoms with E-state index in [2.05, 4.69) is 13.8 Å². The average Bonchev–Trinajstić information content (AvgIpc) is 1.65. The lowest BCUT2D eigenvalue weighted by molar-refractivity contribution is -0.119. The number of rotatable bonds is 3. The third kappa shape index (κ3) is 2.82. The van der Waals surface area contributed by atoms with Crippen molar-refractivity contribution >= 4 is 0 Å². The average molecular weight is 132 g/mol. The fourth-order valence-corrected chi connectivity index (χ4v) is 0.333. The van der Waals surface area contributed by atoms with Gasteiger partial charge in [0.15, 0.2) is 0 Å². The molecular weight excluding hydrogens is 116 g/mol. The Balaban J connectivity index is 3.70. The molecule has 0 aromatic heterocycles. The molecule has 0 aliphatic carbocycles. The zero-order valence-electron chi connectivity index (χ0n) is 6.64. The van der Waals surface area contributed by atoms with Gasteiger partial charge in [-0.3, -0.25) is 0 Å². The summed E-state index contributed by atoms with van der Waals surface area (Å²) in [6.45, 7) is 7.87. The van der Waals surface area contributed by atoms with E-state index in [1.54, 1.807) is 0 Å². The molecule has 0 saturated heterocycles. The molecule has 2 heteroatoms. The van der Waals surface area contributed by atoms with Gasteiger partial charge in [0.2, 0.25) is 0 Å². The number of hydrogen-bond donors (Lipinski definition) is 1. The number of hydrogen-bond acceptors (Lipinski definition) is 2. The summed E-state index contributed by atoms with van der Waals surface area (Å²) in [6.07, 6.45) is 0. The summed E-state index contributed by atoms with van der Waals surface area (Å²) in [4.78, 5) is 0. The van der Waals surface area contributed by atoms with E-state index in [0.717, 1.165) is 0 Å². The fourth-order valence-electron chi connectivity index (χ4n) is 0.333. The predicted octanol–water partition coefficient (Wildman–Crippen LogP) is 1.39. The summed E-state index contributed by atoms with van der Waals surface area (Å²) in [7, 11) is 0. The van der Waals surface area contributed by atoms with Crippen molar-refractivity contribution in [3.63, 3.8) is 0 Å². The Morgan fingerprint density at radius 3 is 2.00 bits per heavy atom. The van der Waals surface area contributed by atoms with Gasteiger partial charge < -0.3 is 9.84 Å². The van der Waals surface area contributed by atoms with Crippen molar-refractivity contribution in [1.29, 1.82) is 0 Å². The monoisotopic (exact) mass is 132 g/mol. The van der Waals surface area contributed by atoms with Crippen LogP contribution in [-0.4, -0.2) is 17.5 Å². The molecule has 2 nitrogen and oxygen atoms in total. The van der Waals surface area contributed by atoms with E-state index in [1.807, 2.05) is 13.8 Å². The first-order chi connectivity index (χ1) is 4.00. The fraction of sp³-hybridized carbons (Fsp3) is 1.00. The molecule has 0 aromatic rings. The molecular formula is C7H16O2. The van der Waals surface area contributed by atoms with Crippen LogP contribution in [0.2, 0.25) is 0 Å². The number of aliphatic hydroxyl groups is 1. The highest BCUT2D eigenvalue weighted by molar-refractivity contribution is 4.71. The van der Waals surface area contributed by atoms with Gasteiger partial charge in [-0.15, -0.1) is 0 Å². The van der Waals surface area contributed by atoms with Gasteiger partial charge in [0, 0.05) is 0 Å². The summed E-state index contributed by atoms with van der Waals surface area (Å²) in [5.41, 5.74) is -0.200. The van der Waals surface area contributed by atoms with Crippen LogP contribution in [-0.2, 0) is 4.74 Å². The molecule has 0 spiro atoms. The van der Waals surface area contributed by atoms with Crippen LogP contribution in [0.1, 0.15) is 27.7 Å². The minimum Gasteiger partial charge on any atom is -0.371 e. The van der Waals surface area contributed by atoms with Crippen molar-refractivity contribution in [3.8, 4) is 0 Å². The molecule has 56 valence electrons. The maximum absolute atomic E-state index is 8.43. The van der Waals surface area contributed by atoms with Crippen molar-refractivity contribution in [2.24, 2.45) is 5.92 Å². The molecule has 0 heterocycles. The third-order valence-corrected chi connectivity index (χ3v) is 1.83. The van der Waals surface area contributed by atoms with E-state index in [0.29, 0.717) is 5.92 Å². The van der Waals surface area contributed by atoms with Gasteiger partial charge >= 0.3 is 0 Å². The minimum absolute atomic E-state index is 0.189. The normalized spacial score (nSPS) is 12.7. The second kappa shape index (κ2) is 3.18. The van der Waals surface area contributed by atoms with Gasteiger partial charge in [-0.25, -0.2) is 0 Å². The molecule has 0 rings (SSSR count). The molecule has 1 N–H and O–H groups in total. The smallest absolute Gasteiger partial charge is 0.144 e. The predicted molar refractivity (Wildman–Crippen MR) is 37.1 cm³/mol. The molecule has 0 aliphatic rings. The summed E-state index contributed by atoms with van der Waals surface area (Å²) >= 11 is 0. The first-order valence-electron chi connectivity index (χ1n) is 3.25. The van der Waals surface area contributed by atoms with Crippen LogP contribution in [0.15, 0.2) is 0 Å². The van der Waals surface area contributed by atoms with E-state index in [4.69, 9.17) is 9.84 Å². The Morgan fingerprint density at radius 1 is 1.44 bits per heavy atom. The first-order valence-corrected chi connectivity index (χ1v) is 3.25. The standard InChI is InChI=1S/C7H16O2/c1-6(2)7(3,4)9-5-8/h6,8H,5H2,1-4H3. The van der Waals surface area contributed by atoms with Gasteiger partial charge in [0.1, 0.15) is 6.79 Å². The summed E-state index contributed by atoms with van der Waals surface area (Å²) in [5, 5.41) is 8.43. The second-order valence-electron chi connectivity index (χ2n) is 3.03. The lowest BCUT2D eigenvalue weighted by Crippen LogP contribution is -2.31. The van der Waals surface area contributed by atoms with Crippen molar-refractivity contribution in [3.05, 3.63) is 0 Å². The van der Waals surface area contributed by atoms with Gasteiger partial charge in [-0.2, -0.15) is 0 Å². The van der Waals surface area contributed by atoms with Crippen molar-refractivity contribution in [2.45, 2.75) is 33.3 Å². The Hall–Kier alpha value is -0.0800. The zero-order chi connectivity index (χ0) is 7.49. The molecule has 0 bridgehead atoms. The van der Waals surface area contributed by atoms with Gasteiger partial charge in [0.05, 0.1) is 5.60 Å². The first kappa shape index (κ1) is 8.92. The lowest BCUT2D eigenvalue weighted by Gasteiger charge is -2.28. The maximum Gasteiger partial charge on any atom is 0.144 e. The Kier molecular flexibility index (Phi) is 3.15. The van der Waals surface area contributed by atoms with Crippen LogP contribution in [0.4, 0.5) is 0 Å². The van der Waals surface area contributed by atoms with Crippen molar-refractivity contribution < 1.29 is 9.84 Å². The van der Waals surface area contributed by atoms with Crippen LogP contribution in [0.5, 0.6) is 0 Å². The molecule has 0 atom stereocenters. The van der Waals surface area contributed by atoms with Gasteiger partial charge in [-0.1, -0.05) is 13.8 Å². The Bertz CT molecular complexity index is 77.0. The molecule has 9 heavy (non-hydrogen) atoms. The van der Waals surface area contributed by atoms with E-state index in [-0.39, 0.29) is 12.4 Å². The SMILES string of the molecule is CC(C)C(C)(C)OCO. The summed E-state index contributed by atoms with van der Waals surface area (Å²) < 4.78 is 5.05. The third-order valence-electron chi connectivity index (χ3n) is 1.83. The van der Waals surface area contributed by atoms with E-state index in [9.17, 15) is 0 Å².